The molecule has 5 heteroatoms. The Kier molecular flexibility index (Phi) is 2.89. The zero-order valence-corrected chi connectivity index (χ0v) is 11.8. The van der Waals surface area contributed by atoms with Gasteiger partial charge >= 0.3 is 0 Å². The minimum atomic E-state index is -0.122. The molecule has 3 aliphatic heterocycles. The van der Waals surface area contributed by atoms with E-state index in [4.69, 9.17) is 10.2 Å². The quantitative estimate of drug-likeness (QED) is 0.826. The molecule has 1 amide bonds. The number of carbonyl (C=O) groups excluding carboxylic acids is 1. The van der Waals surface area contributed by atoms with E-state index in [1.165, 1.54) is 25.9 Å². The first-order chi connectivity index (χ1) is 10.2. The summed E-state index contributed by atoms with van der Waals surface area (Å²) >= 11 is 0. The molecule has 3 fully saturated rings. The van der Waals surface area contributed by atoms with Crippen molar-refractivity contribution in [1.29, 1.82) is 0 Å². The third kappa shape index (κ3) is 2.27. The van der Waals surface area contributed by atoms with Crippen LogP contribution in [0.3, 0.4) is 0 Å². The van der Waals surface area contributed by atoms with E-state index in [0.717, 1.165) is 11.9 Å². The summed E-state index contributed by atoms with van der Waals surface area (Å²) in [5.74, 6) is 0.856. The first kappa shape index (κ1) is 12.7. The van der Waals surface area contributed by atoms with Crippen LogP contribution in [0.1, 0.15) is 23.4 Å². The number of fused-ring (bicyclic) bond motifs is 4. The summed E-state index contributed by atoms with van der Waals surface area (Å²) in [7, 11) is 0. The van der Waals surface area contributed by atoms with Gasteiger partial charge in [-0.1, -0.05) is 0 Å². The predicted molar refractivity (Wildman–Crippen MR) is 81.0 cm³/mol. The maximum absolute atomic E-state index is 12.4. The van der Waals surface area contributed by atoms with Crippen LogP contribution in [0.2, 0.25) is 0 Å². The van der Waals surface area contributed by atoms with Crippen molar-refractivity contribution in [3.8, 4) is 0 Å². The molecule has 4 heterocycles. The SMILES string of the molecule is Nc1ccc2oc(C(=O)N[C@@H]3CN4CCC3CC4)cc2c1. The van der Waals surface area contributed by atoms with Crippen LogP contribution in [0.15, 0.2) is 28.7 Å². The van der Waals surface area contributed by atoms with Crippen molar-refractivity contribution in [3.05, 3.63) is 30.0 Å². The van der Waals surface area contributed by atoms with E-state index in [9.17, 15) is 4.79 Å². The lowest BCUT2D eigenvalue weighted by Gasteiger charge is -2.44. The molecule has 21 heavy (non-hydrogen) atoms. The van der Waals surface area contributed by atoms with E-state index < -0.39 is 0 Å². The third-order valence-electron chi connectivity index (χ3n) is 4.74. The number of anilines is 1. The molecule has 3 saturated heterocycles. The number of piperidine rings is 3. The lowest BCUT2D eigenvalue weighted by Crippen LogP contribution is -2.57. The van der Waals surface area contributed by atoms with Gasteiger partial charge in [0.05, 0.1) is 0 Å². The number of rotatable bonds is 2. The second kappa shape index (κ2) is 4.77. The van der Waals surface area contributed by atoms with Crippen molar-refractivity contribution in [2.75, 3.05) is 25.4 Å². The highest BCUT2D eigenvalue weighted by Gasteiger charge is 2.35. The molecule has 2 aromatic rings. The number of nitrogens with two attached hydrogens (primary N) is 1. The number of carbonyl (C=O) groups is 1. The average Bonchev–Trinajstić information content (AvgIpc) is 2.91. The maximum Gasteiger partial charge on any atom is 0.287 e. The monoisotopic (exact) mass is 285 g/mol. The summed E-state index contributed by atoms with van der Waals surface area (Å²) in [4.78, 5) is 14.8. The Bertz CT molecular complexity index is 686. The smallest absolute Gasteiger partial charge is 0.287 e. The molecule has 0 aliphatic carbocycles. The number of amides is 1. The van der Waals surface area contributed by atoms with E-state index in [1.807, 2.05) is 6.07 Å². The first-order valence-corrected chi connectivity index (χ1v) is 7.51. The van der Waals surface area contributed by atoms with E-state index in [2.05, 4.69) is 10.2 Å². The van der Waals surface area contributed by atoms with Crippen LogP contribution in [-0.2, 0) is 0 Å². The van der Waals surface area contributed by atoms with E-state index in [-0.39, 0.29) is 11.9 Å². The second-order valence-electron chi connectivity index (χ2n) is 6.13. The van der Waals surface area contributed by atoms with Gasteiger partial charge in [0.25, 0.3) is 5.91 Å². The Hall–Kier alpha value is -2.01. The molecule has 110 valence electrons. The van der Waals surface area contributed by atoms with E-state index in [1.54, 1.807) is 18.2 Å². The zero-order chi connectivity index (χ0) is 14.4. The Labute approximate surface area is 123 Å². The van der Waals surface area contributed by atoms with Gasteiger partial charge in [-0.3, -0.25) is 4.79 Å². The number of furan rings is 1. The maximum atomic E-state index is 12.4. The molecule has 1 aromatic heterocycles. The first-order valence-electron chi connectivity index (χ1n) is 7.51. The summed E-state index contributed by atoms with van der Waals surface area (Å²) < 4.78 is 5.63. The molecule has 0 saturated carbocycles. The van der Waals surface area contributed by atoms with Crippen LogP contribution in [0.25, 0.3) is 11.0 Å². The molecule has 1 aromatic carbocycles. The third-order valence-corrected chi connectivity index (χ3v) is 4.74. The van der Waals surface area contributed by atoms with Crippen LogP contribution in [-0.4, -0.2) is 36.5 Å². The van der Waals surface area contributed by atoms with Crippen molar-refractivity contribution in [2.24, 2.45) is 5.92 Å². The highest BCUT2D eigenvalue weighted by Crippen LogP contribution is 2.28. The Morgan fingerprint density at radius 2 is 2.10 bits per heavy atom. The molecule has 0 spiro atoms. The highest BCUT2D eigenvalue weighted by atomic mass is 16.3. The summed E-state index contributed by atoms with van der Waals surface area (Å²) in [5.41, 5.74) is 7.12. The summed E-state index contributed by atoms with van der Waals surface area (Å²) in [6.07, 6.45) is 2.36. The standard InChI is InChI=1S/C16H19N3O2/c17-12-1-2-14-11(7-12)8-15(21-14)16(20)18-13-9-19-5-3-10(13)4-6-19/h1-2,7-8,10,13H,3-6,9,17H2,(H,18,20)/t13-/m1/s1. The minimum Gasteiger partial charge on any atom is -0.451 e. The van der Waals surface area contributed by atoms with Crippen molar-refractivity contribution < 1.29 is 9.21 Å². The molecule has 3 aliphatic rings. The van der Waals surface area contributed by atoms with Gasteiger partial charge in [0.15, 0.2) is 5.76 Å². The molecular weight excluding hydrogens is 266 g/mol. The van der Waals surface area contributed by atoms with Gasteiger partial charge in [-0.05, 0) is 56.1 Å². The van der Waals surface area contributed by atoms with E-state index in [0.29, 0.717) is 22.9 Å². The Morgan fingerprint density at radius 1 is 1.29 bits per heavy atom. The zero-order valence-electron chi connectivity index (χ0n) is 11.8. The molecular formula is C16H19N3O2. The fourth-order valence-electron chi connectivity index (χ4n) is 3.54. The van der Waals surface area contributed by atoms with Crippen molar-refractivity contribution in [3.63, 3.8) is 0 Å². The molecule has 2 bridgehead atoms. The summed E-state index contributed by atoms with van der Waals surface area (Å²) in [5, 5.41) is 4.01. The van der Waals surface area contributed by atoms with Gasteiger partial charge in [-0.2, -0.15) is 0 Å². The van der Waals surface area contributed by atoms with Crippen molar-refractivity contribution in [1.82, 2.24) is 10.2 Å². The number of benzene rings is 1. The highest BCUT2D eigenvalue weighted by molar-refractivity contribution is 5.96. The molecule has 1 atom stereocenters. The van der Waals surface area contributed by atoms with Crippen LogP contribution in [0, 0.1) is 5.92 Å². The molecule has 3 N–H and O–H groups in total. The number of hydrogen-bond acceptors (Lipinski definition) is 4. The van der Waals surface area contributed by atoms with E-state index >= 15 is 0 Å². The number of nitrogen functional groups attached to an aromatic ring is 1. The minimum absolute atomic E-state index is 0.122. The average molecular weight is 285 g/mol. The summed E-state index contributed by atoms with van der Waals surface area (Å²) in [6, 6.07) is 7.42. The lowest BCUT2D eigenvalue weighted by molar-refractivity contribution is 0.0607. The summed E-state index contributed by atoms with van der Waals surface area (Å²) in [6.45, 7) is 3.30. The number of nitrogens with one attached hydrogen (secondary N) is 1. The normalized spacial score (nSPS) is 27.9. The molecule has 5 rings (SSSR count). The van der Waals surface area contributed by atoms with Crippen LogP contribution in [0.4, 0.5) is 5.69 Å². The molecule has 5 nitrogen and oxygen atoms in total. The fourth-order valence-corrected chi connectivity index (χ4v) is 3.54. The number of hydrogen-bond donors (Lipinski definition) is 2. The predicted octanol–water partition coefficient (Wildman–Crippen LogP) is 1.84. The number of nitrogens with zero attached hydrogens (tertiary/aromatic N) is 1. The van der Waals surface area contributed by atoms with Gasteiger partial charge in [-0.25, -0.2) is 0 Å². The Morgan fingerprint density at radius 3 is 2.81 bits per heavy atom. The van der Waals surface area contributed by atoms with Gasteiger partial charge in [0, 0.05) is 23.7 Å². The van der Waals surface area contributed by atoms with Crippen LogP contribution < -0.4 is 11.1 Å². The molecule has 0 unspecified atom stereocenters. The molecule has 0 radical (unpaired) electrons. The van der Waals surface area contributed by atoms with Gasteiger partial charge < -0.3 is 20.4 Å². The van der Waals surface area contributed by atoms with Crippen molar-refractivity contribution in [2.45, 2.75) is 18.9 Å². The second-order valence-corrected chi connectivity index (χ2v) is 6.13. The van der Waals surface area contributed by atoms with Crippen molar-refractivity contribution >= 4 is 22.6 Å². The van der Waals surface area contributed by atoms with Crippen LogP contribution >= 0.6 is 0 Å². The van der Waals surface area contributed by atoms with Crippen LogP contribution in [0.5, 0.6) is 0 Å². The van der Waals surface area contributed by atoms with Gasteiger partial charge in [0.2, 0.25) is 0 Å². The van der Waals surface area contributed by atoms with Gasteiger partial charge in [0.1, 0.15) is 5.58 Å². The topological polar surface area (TPSA) is 71.5 Å². The van der Waals surface area contributed by atoms with Gasteiger partial charge in [-0.15, -0.1) is 0 Å². The largest absolute Gasteiger partial charge is 0.451 e. The fraction of sp³-hybridized carbons (Fsp3) is 0.438. The Balaban J connectivity index is 1.53. The lowest BCUT2D eigenvalue weighted by atomic mass is 9.84.